The molecule has 84 valence electrons. The largest absolute Gasteiger partial charge is 0.395 e. The van der Waals surface area contributed by atoms with Gasteiger partial charge in [0.2, 0.25) is 0 Å². The van der Waals surface area contributed by atoms with Gasteiger partial charge >= 0.3 is 0 Å². The number of likely N-dealkylation sites (tertiary alicyclic amines) is 1. The van der Waals surface area contributed by atoms with Crippen molar-refractivity contribution in [3.63, 3.8) is 0 Å². The summed E-state index contributed by atoms with van der Waals surface area (Å²) in [4.78, 5) is 1.56. The third-order valence-electron chi connectivity index (χ3n) is 2.60. The minimum Gasteiger partial charge on any atom is -0.395 e. The van der Waals surface area contributed by atoms with E-state index in [4.69, 9.17) is 10.2 Å². The summed E-state index contributed by atoms with van der Waals surface area (Å²) in [6, 6.07) is -0.624. The van der Waals surface area contributed by atoms with E-state index in [2.05, 4.69) is 0 Å². The molecular formula is C8H17NO5. The molecule has 1 saturated heterocycles. The fourth-order valence-electron chi connectivity index (χ4n) is 1.76. The lowest BCUT2D eigenvalue weighted by Gasteiger charge is -2.42. The summed E-state index contributed by atoms with van der Waals surface area (Å²) in [5, 5.41) is 45.9. The minimum atomic E-state index is -1.23. The molecule has 0 amide bonds. The van der Waals surface area contributed by atoms with Crippen molar-refractivity contribution in [2.75, 3.05) is 26.3 Å². The van der Waals surface area contributed by atoms with Crippen molar-refractivity contribution in [1.29, 1.82) is 0 Å². The van der Waals surface area contributed by atoms with Crippen LogP contribution in [0.15, 0.2) is 0 Å². The standard InChI is InChI=1S/C8H17NO5/c10-2-1-9-3-6(12)8(14)7(13)5(9)4-11/h5-8,10-14H,1-4H2/t5-,6-,7+,8-/m0/s1. The Morgan fingerprint density at radius 1 is 1.07 bits per heavy atom. The van der Waals surface area contributed by atoms with Crippen LogP contribution in [0, 0.1) is 0 Å². The average Bonchev–Trinajstić information content (AvgIpc) is 2.16. The van der Waals surface area contributed by atoms with Crippen molar-refractivity contribution in [3.8, 4) is 0 Å². The number of aliphatic hydroxyl groups is 5. The Balaban J connectivity index is 2.66. The van der Waals surface area contributed by atoms with E-state index < -0.39 is 24.4 Å². The highest BCUT2D eigenvalue weighted by Crippen LogP contribution is 2.18. The zero-order valence-electron chi connectivity index (χ0n) is 7.82. The van der Waals surface area contributed by atoms with Gasteiger partial charge in [0.15, 0.2) is 0 Å². The van der Waals surface area contributed by atoms with E-state index >= 15 is 0 Å². The first-order valence-electron chi connectivity index (χ1n) is 4.61. The van der Waals surface area contributed by atoms with E-state index in [9.17, 15) is 15.3 Å². The molecule has 0 aromatic rings. The van der Waals surface area contributed by atoms with Crippen molar-refractivity contribution >= 4 is 0 Å². The Hall–Kier alpha value is -0.240. The van der Waals surface area contributed by atoms with Crippen LogP contribution < -0.4 is 0 Å². The Labute approximate surface area is 82.0 Å². The summed E-state index contributed by atoms with van der Waals surface area (Å²) in [5.74, 6) is 0. The van der Waals surface area contributed by atoms with E-state index in [1.165, 1.54) is 0 Å². The van der Waals surface area contributed by atoms with Crippen LogP contribution in [0.25, 0.3) is 0 Å². The molecule has 0 unspecified atom stereocenters. The maximum Gasteiger partial charge on any atom is 0.109 e. The van der Waals surface area contributed by atoms with Gasteiger partial charge in [-0.3, -0.25) is 4.90 Å². The lowest BCUT2D eigenvalue weighted by atomic mass is 9.94. The van der Waals surface area contributed by atoms with Gasteiger partial charge in [-0.05, 0) is 0 Å². The first-order chi connectivity index (χ1) is 6.61. The van der Waals surface area contributed by atoms with Crippen molar-refractivity contribution in [1.82, 2.24) is 4.90 Å². The summed E-state index contributed by atoms with van der Waals surface area (Å²) in [5.41, 5.74) is 0. The average molecular weight is 207 g/mol. The summed E-state index contributed by atoms with van der Waals surface area (Å²) in [7, 11) is 0. The van der Waals surface area contributed by atoms with Gasteiger partial charge in [0.1, 0.15) is 12.2 Å². The first kappa shape index (κ1) is 11.8. The van der Waals surface area contributed by atoms with E-state index in [-0.39, 0.29) is 26.3 Å². The maximum absolute atomic E-state index is 9.51. The Bertz CT molecular complexity index is 179. The van der Waals surface area contributed by atoms with Gasteiger partial charge in [-0.25, -0.2) is 0 Å². The van der Waals surface area contributed by atoms with Crippen molar-refractivity contribution in [2.45, 2.75) is 24.4 Å². The second kappa shape index (κ2) is 5.01. The first-order valence-corrected chi connectivity index (χ1v) is 4.61. The quantitative estimate of drug-likeness (QED) is 0.333. The molecule has 6 heteroatoms. The van der Waals surface area contributed by atoms with Gasteiger partial charge in [0.05, 0.1) is 25.4 Å². The summed E-state index contributed by atoms with van der Waals surface area (Å²) in [6.07, 6.45) is -3.46. The Morgan fingerprint density at radius 3 is 2.21 bits per heavy atom. The highest BCUT2D eigenvalue weighted by Gasteiger charge is 2.40. The van der Waals surface area contributed by atoms with Crippen molar-refractivity contribution in [3.05, 3.63) is 0 Å². The van der Waals surface area contributed by atoms with Crippen LogP contribution in [-0.4, -0.2) is 81.1 Å². The van der Waals surface area contributed by atoms with E-state index in [1.54, 1.807) is 4.90 Å². The Morgan fingerprint density at radius 2 is 1.71 bits per heavy atom. The molecule has 0 aromatic heterocycles. The SMILES string of the molecule is OCCN1C[C@H](O)[C@H](O)[C@H](O)[C@@H]1CO. The molecule has 6 nitrogen and oxygen atoms in total. The molecule has 0 saturated carbocycles. The van der Waals surface area contributed by atoms with Crippen LogP contribution in [0.5, 0.6) is 0 Å². The van der Waals surface area contributed by atoms with Crippen molar-refractivity contribution < 1.29 is 25.5 Å². The minimum absolute atomic E-state index is 0.119. The topological polar surface area (TPSA) is 104 Å². The third-order valence-corrected chi connectivity index (χ3v) is 2.60. The number of hydrogen-bond donors (Lipinski definition) is 5. The van der Waals surface area contributed by atoms with Gasteiger partial charge in [-0.2, -0.15) is 0 Å². The van der Waals surface area contributed by atoms with Crippen LogP contribution in [0.1, 0.15) is 0 Å². The second-order valence-corrected chi connectivity index (χ2v) is 3.52. The van der Waals surface area contributed by atoms with Crippen LogP contribution in [0.4, 0.5) is 0 Å². The van der Waals surface area contributed by atoms with Gasteiger partial charge in [-0.15, -0.1) is 0 Å². The van der Waals surface area contributed by atoms with Crippen LogP contribution in [0.2, 0.25) is 0 Å². The maximum atomic E-state index is 9.51. The predicted octanol–water partition coefficient (Wildman–Crippen LogP) is -3.26. The highest BCUT2D eigenvalue weighted by molar-refractivity contribution is 4.93. The molecule has 0 aliphatic carbocycles. The molecule has 1 rings (SSSR count). The Kier molecular flexibility index (Phi) is 4.24. The lowest BCUT2D eigenvalue weighted by molar-refractivity contribution is -0.146. The predicted molar refractivity (Wildman–Crippen MR) is 47.6 cm³/mol. The number of hydrogen-bond acceptors (Lipinski definition) is 6. The van der Waals surface area contributed by atoms with Crippen molar-refractivity contribution in [2.24, 2.45) is 0 Å². The number of piperidine rings is 1. The monoisotopic (exact) mass is 207 g/mol. The molecule has 14 heavy (non-hydrogen) atoms. The normalized spacial score (nSPS) is 40.1. The number of β-amino-alcohol motifs (C(OH)–C–C–N with tert-alkyl or cyclic N) is 2. The molecule has 0 aromatic carbocycles. The summed E-state index contributed by atoms with van der Waals surface area (Å²) < 4.78 is 0. The smallest absolute Gasteiger partial charge is 0.109 e. The van der Waals surface area contributed by atoms with Gasteiger partial charge in [0.25, 0.3) is 0 Å². The molecule has 1 aliphatic rings. The zero-order valence-corrected chi connectivity index (χ0v) is 7.82. The zero-order chi connectivity index (χ0) is 10.7. The number of aliphatic hydroxyl groups excluding tert-OH is 5. The molecule has 5 N–H and O–H groups in total. The van der Waals surface area contributed by atoms with E-state index in [0.717, 1.165) is 0 Å². The second-order valence-electron chi connectivity index (χ2n) is 3.52. The molecular weight excluding hydrogens is 190 g/mol. The lowest BCUT2D eigenvalue weighted by Crippen LogP contribution is -2.62. The molecule has 1 aliphatic heterocycles. The molecule has 1 fully saturated rings. The third kappa shape index (κ3) is 2.22. The van der Waals surface area contributed by atoms with E-state index in [1.807, 2.05) is 0 Å². The molecule has 0 bridgehead atoms. The van der Waals surface area contributed by atoms with E-state index in [0.29, 0.717) is 0 Å². The fraction of sp³-hybridized carbons (Fsp3) is 1.00. The van der Waals surface area contributed by atoms with Gasteiger partial charge in [-0.1, -0.05) is 0 Å². The number of rotatable bonds is 3. The van der Waals surface area contributed by atoms with Gasteiger partial charge in [0, 0.05) is 13.1 Å². The van der Waals surface area contributed by atoms with Crippen LogP contribution in [0.3, 0.4) is 0 Å². The molecule has 4 atom stereocenters. The molecule has 1 heterocycles. The highest BCUT2D eigenvalue weighted by atomic mass is 16.4. The molecule has 0 radical (unpaired) electrons. The molecule has 0 spiro atoms. The van der Waals surface area contributed by atoms with Crippen LogP contribution >= 0.6 is 0 Å². The summed E-state index contributed by atoms with van der Waals surface area (Å²) >= 11 is 0. The van der Waals surface area contributed by atoms with Crippen LogP contribution in [-0.2, 0) is 0 Å². The van der Waals surface area contributed by atoms with Gasteiger partial charge < -0.3 is 25.5 Å². The summed E-state index contributed by atoms with van der Waals surface area (Å²) in [6.45, 7) is -0.0347. The fourth-order valence-corrected chi connectivity index (χ4v) is 1.76. The number of nitrogens with zero attached hydrogens (tertiary/aromatic N) is 1.